The number of allylic oxidation sites excluding steroid dienone is 1. The van der Waals surface area contributed by atoms with Crippen LogP contribution in [0.5, 0.6) is 0 Å². The van der Waals surface area contributed by atoms with Crippen LogP contribution in [-0.4, -0.2) is 11.6 Å². The highest BCUT2D eigenvalue weighted by Gasteiger charge is 2.58. The molecule has 4 aliphatic rings. The van der Waals surface area contributed by atoms with Crippen LogP contribution in [0.3, 0.4) is 0 Å². The monoisotopic (exact) mass is 286 g/mol. The fourth-order valence-corrected chi connectivity index (χ4v) is 6.33. The van der Waals surface area contributed by atoms with Crippen molar-refractivity contribution in [2.45, 2.75) is 65.2 Å². The summed E-state index contributed by atoms with van der Waals surface area (Å²) in [5.41, 5.74) is 1.64. The van der Waals surface area contributed by atoms with Crippen LogP contribution in [0.4, 0.5) is 0 Å². The average molecular weight is 286 g/mol. The van der Waals surface area contributed by atoms with E-state index in [2.05, 4.69) is 13.8 Å². The minimum Gasteiger partial charge on any atom is -0.299 e. The molecule has 0 spiro atoms. The van der Waals surface area contributed by atoms with Gasteiger partial charge in [0.15, 0.2) is 5.78 Å². The predicted molar refractivity (Wildman–Crippen MR) is 81.7 cm³/mol. The minimum absolute atomic E-state index is 0.0246. The molecule has 21 heavy (non-hydrogen) atoms. The van der Waals surface area contributed by atoms with Crippen molar-refractivity contribution in [2.24, 2.45) is 28.6 Å². The normalized spacial score (nSPS) is 49.2. The van der Waals surface area contributed by atoms with Gasteiger partial charge in [-0.1, -0.05) is 19.4 Å². The first-order chi connectivity index (χ1) is 9.95. The first kappa shape index (κ1) is 13.7. The number of fused-ring (bicyclic) bond motifs is 5. The smallest absolute Gasteiger partial charge is 0.155 e. The van der Waals surface area contributed by atoms with Gasteiger partial charge in [0.25, 0.3) is 0 Å². The summed E-state index contributed by atoms with van der Waals surface area (Å²) >= 11 is 0. The molecule has 0 heterocycles. The molecule has 0 aromatic rings. The molecule has 114 valence electrons. The summed E-state index contributed by atoms with van der Waals surface area (Å²) in [6.45, 7) is 4.64. The lowest BCUT2D eigenvalue weighted by atomic mass is 9.47. The van der Waals surface area contributed by atoms with Gasteiger partial charge >= 0.3 is 0 Å². The Hall–Kier alpha value is -0.920. The highest BCUT2D eigenvalue weighted by Crippen LogP contribution is 2.64. The number of carbonyl (C=O) groups is 2. The van der Waals surface area contributed by atoms with Gasteiger partial charge in [0.05, 0.1) is 0 Å². The first-order valence-electron chi connectivity index (χ1n) is 8.72. The van der Waals surface area contributed by atoms with E-state index in [4.69, 9.17) is 0 Å². The molecule has 5 atom stereocenters. The van der Waals surface area contributed by atoms with Crippen molar-refractivity contribution < 1.29 is 9.59 Å². The van der Waals surface area contributed by atoms with Gasteiger partial charge in [-0.15, -0.1) is 0 Å². The Labute approximate surface area is 127 Å². The maximum Gasteiger partial charge on any atom is 0.155 e. The first-order valence-corrected chi connectivity index (χ1v) is 8.72. The maximum absolute atomic E-state index is 12.4. The number of carbonyl (C=O) groups excluding carboxylic acids is 2. The van der Waals surface area contributed by atoms with Crippen molar-refractivity contribution >= 4 is 11.6 Å². The Kier molecular flexibility index (Phi) is 2.81. The van der Waals surface area contributed by atoms with Gasteiger partial charge in [-0.05, 0) is 67.8 Å². The van der Waals surface area contributed by atoms with Crippen molar-refractivity contribution in [1.82, 2.24) is 0 Å². The summed E-state index contributed by atoms with van der Waals surface area (Å²) in [6.07, 6.45) is 10.2. The van der Waals surface area contributed by atoms with E-state index in [1.165, 1.54) is 18.4 Å². The van der Waals surface area contributed by atoms with Gasteiger partial charge in [-0.25, -0.2) is 0 Å². The largest absolute Gasteiger partial charge is 0.299 e. The summed E-state index contributed by atoms with van der Waals surface area (Å²) in [5, 5.41) is 0. The van der Waals surface area contributed by atoms with E-state index >= 15 is 0 Å². The van der Waals surface area contributed by atoms with E-state index in [0.29, 0.717) is 29.3 Å². The molecule has 3 fully saturated rings. The van der Waals surface area contributed by atoms with E-state index < -0.39 is 0 Å². The lowest BCUT2D eigenvalue weighted by Crippen LogP contribution is -2.50. The van der Waals surface area contributed by atoms with Crippen LogP contribution in [0.25, 0.3) is 0 Å². The molecule has 0 bridgehead atoms. The van der Waals surface area contributed by atoms with Gasteiger partial charge < -0.3 is 0 Å². The van der Waals surface area contributed by atoms with Gasteiger partial charge in [0.1, 0.15) is 5.78 Å². The Bertz CT molecular complexity index is 546. The Morgan fingerprint density at radius 2 is 1.67 bits per heavy atom. The quantitative estimate of drug-likeness (QED) is 0.672. The summed E-state index contributed by atoms with van der Waals surface area (Å²) in [7, 11) is 0. The van der Waals surface area contributed by atoms with E-state index in [1.54, 1.807) is 0 Å². The van der Waals surface area contributed by atoms with Gasteiger partial charge in [0.2, 0.25) is 0 Å². The SMILES string of the molecule is C[C@]12CCC3C(CCC4=CC(=O)CC[C@]43C)C1CCC2=O. The molecule has 2 nitrogen and oxygen atoms in total. The van der Waals surface area contributed by atoms with Crippen molar-refractivity contribution in [3.05, 3.63) is 11.6 Å². The molecule has 3 unspecified atom stereocenters. The molecule has 0 radical (unpaired) electrons. The highest BCUT2D eigenvalue weighted by molar-refractivity contribution is 5.91. The predicted octanol–water partition coefficient (Wildman–Crippen LogP) is 4.09. The third-order valence-corrected chi connectivity index (χ3v) is 7.67. The zero-order valence-corrected chi connectivity index (χ0v) is 13.3. The van der Waals surface area contributed by atoms with E-state index in [1.807, 2.05) is 6.08 Å². The van der Waals surface area contributed by atoms with Crippen LogP contribution in [0.2, 0.25) is 0 Å². The average Bonchev–Trinajstić information content (AvgIpc) is 2.76. The lowest BCUT2D eigenvalue weighted by molar-refractivity contribution is -0.132. The van der Waals surface area contributed by atoms with Crippen molar-refractivity contribution in [1.29, 1.82) is 0 Å². The molecule has 3 saturated carbocycles. The molecule has 0 aromatic carbocycles. The fourth-order valence-electron chi connectivity index (χ4n) is 6.33. The number of ketones is 2. The van der Waals surface area contributed by atoms with Crippen LogP contribution in [0.1, 0.15) is 65.2 Å². The zero-order chi connectivity index (χ0) is 14.8. The van der Waals surface area contributed by atoms with Gasteiger partial charge in [-0.3, -0.25) is 9.59 Å². The molecule has 0 N–H and O–H groups in total. The van der Waals surface area contributed by atoms with E-state index in [-0.39, 0.29) is 10.8 Å². The van der Waals surface area contributed by atoms with Crippen LogP contribution >= 0.6 is 0 Å². The second kappa shape index (κ2) is 4.30. The maximum atomic E-state index is 12.4. The van der Waals surface area contributed by atoms with Crippen molar-refractivity contribution in [3.8, 4) is 0 Å². The summed E-state index contributed by atoms with van der Waals surface area (Å²) < 4.78 is 0. The molecule has 0 aliphatic heterocycles. The second-order valence-corrected chi connectivity index (χ2v) is 8.39. The minimum atomic E-state index is -0.0246. The molecule has 2 heteroatoms. The summed E-state index contributed by atoms with van der Waals surface area (Å²) in [4.78, 5) is 24.1. The lowest BCUT2D eigenvalue weighted by Gasteiger charge is -2.56. The summed E-state index contributed by atoms with van der Waals surface area (Å²) in [6, 6.07) is 0. The van der Waals surface area contributed by atoms with Gasteiger partial charge in [0, 0.05) is 18.3 Å². The topological polar surface area (TPSA) is 34.1 Å². The molecule has 0 aromatic heterocycles. The Morgan fingerprint density at radius 3 is 2.48 bits per heavy atom. The Balaban J connectivity index is 1.70. The van der Waals surface area contributed by atoms with E-state index in [9.17, 15) is 9.59 Å². The van der Waals surface area contributed by atoms with Crippen LogP contribution in [0.15, 0.2) is 11.6 Å². The molecule has 4 aliphatic carbocycles. The number of hydrogen-bond donors (Lipinski definition) is 0. The molecule has 0 saturated heterocycles. The summed E-state index contributed by atoms with van der Waals surface area (Å²) in [5.74, 6) is 2.88. The second-order valence-electron chi connectivity index (χ2n) is 8.39. The number of Topliss-reactive ketones (excluding diaryl/α,β-unsaturated/α-hetero) is 1. The standard InChI is InChI=1S/C19H26O2/c1-18-9-7-13(20)11-12(18)3-4-14-15-5-6-17(21)19(15,2)10-8-16(14)18/h11,14-16H,3-10H2,1-2H3/t14?,15?,16?,18-,19+/m1/s1. The molecule has 4 rings (SSSR count). The third kappa shape index (κ3) is 1.71. The van der Waals surface area contributed by atoms with Crippen molar-refractivity contribution in [2.75, 3.05) is 0 Å². The number of hydrogen-bond acceptors (Lipinski definition) is 2. The zero-order valence-electron chi connectivity index (χ0n) is 13.3. The van der Waals surface area contributed by atoms with Crippen LogP contribution in [0, 0.1) is 28.6 Å². The van der Waals surface area contributed by atoms with Crippen LogP contribution in [-0.2, 0) is 9.59 Å². The van der Waals surface area contributed by atoms with Gasteiger partial charge in [-0.2, -0.15) is 0 Å². The number of rotatable bonds is 0. The van der Waals surface area contributed by atoms with Crippen LogP contribution < -0.4 is 0 Å². The Morgan fingerprint density at radius 1 is 0.905 bits per heavy atom. The highest BCUT2D eigenvalue weighted by atomic mass is 16.1. The molecular weight excluding hydrogens is 260 g/mol. The third-order valence-electron chi connectivity index (χ3n) is 7.67. The van der Waals surface area contributed by atoms with Crippen molar-refractivity contribution in [3.63, 3.8) is 0 Å². The molecule has 0 amide bonds. The molecular formula is C19H26O2. The fraction of sp³-hybridized carbons (Fsp3) is 0.789. The van der Waals surface area contributed by atoms with E-state index in [0.717, 1.165) is 38.5 Å².